The van der Waals surface area contributed by atoms with Gasteiger partial charge in [-0.3, -0.25) is 4.79 Å². The molecule has 114 valence electrons. The van der Waals surface area contributed by atoms with Crippen molar-refractivity contribution in [3.8, 4) is 0 Å². The van der Waals surface area contributed by atoms with Crippen molar-refractivity contribution in [3.05, 3.63) is 76.2 Å². The van der Waals surface area contributed by atoms with E-state index < -0.39 is 0 Å². The summed E-state index contributed by atoms with van der Waals surface area (Å²) >= 11 is 0. The Morgan fingerprint density at radius 3 is 2.83 bits per heavy atom. The van der Waals surface area contributed by atoms with Gasteiger partial charge in [-0.05, 0) is 41.6 Å². The van der Waals surface area contributed by atoms with Gasteiger partial charge in [0, 0.05) is 28.9 Å². The molecule has 0 atom stereocenters. The summed E-state index contributed by atoms with van der Waals surface area (Å²) in [5, 5.41) is 3.64. The molecule has 1 amide bonds. The van der Waals surface area contributed by atoms with Crippen LogP contribution in [0.5, 0.6) is 0 Å². The van der Waals surface area contributed by atoms with E-state index in [1.54, 1.807) is 23.1 Å². The number of rotatable bonds is 3. The number of para-hydroxylation sites is 1. The lowest BCUT2D eigenvalue weighted by molar-refractivity contribution is -0.114. The van der Waals surface area contributed by atoms with Gasteiger partial charge in [-0.1, -0.05) is 47.6 Å². The van der Waals surface area contributed by atoms with Crippen molar-refractivity contribution in [2.45, 2.75) is 12.8 Å². The zero-order chi connectivity index (χ0) is 16.1. The van der Waals surface area contributed by atoms with Crippen molar-refractivity contribution in [2.24, 2.45) is 5.11 Å². The summed E-state index contributed by atoms with van der Waals surface area (Å²) in [7, 11) is 0. The standard InChI is InChI=1S/C18H16N4O/c19-21-20-16-9-3-1-6-14(16)11-12-18(23)22-13-5-8-15-7-2-4-10-17(15)22/h1-4,6-7,9-12H,5,8,13H2/b12-11+. The Labute approximate surface area is 134 Å². The minimum atomic E-state index is -0.0621. The number of benzene rings is 2. The molecule has 0 unspecified atom stereocenters. The fourth-order valence-electron chi connectivity index (χ4n) is 2.78. The minimum absolute atomic E-state index is 0.0621. The van der Waals surface area contributed by atoms with Gasteiger partial charge >= 0.3 is 0 Å². The normalized spacial score (nSPS) is 13.5. The number of anilines is 1. The molecule has 0 bridgehead atoms. The van der Waals surface area contributed by atoms with E-state index in [4.69, 9.17) is 5.53 Å². The van der Waals surface area contributed by atoms with Crippen LogP contribution in [-0.4, -0.2) is 12.5 Å². The van der Waals surface area contributed by atoms with Gasteiger partial charge < -0.3 is 4.90 Å². The predicted octanol–water partition coefficient (Wildman–Crippen LogP) is 4.62. The van der Waals surface area contributed by atoms with E-state index in [1.165, 1.54) is 11.6 Å². The molecule has 1 aliphatic rings. The van der Waals surface area contributed by atoms with Crippen LogP contribution in [0.2, 0.25) is 0 Å². The van der Waals surface area contributed by atoms with Crippen molar-refractivity contribution in [3.63, 3.8) is 0 Å². The fourth-order valence-corrected chi connectivity index (χ4v) is 2.78. The van der Waals surface area contributed by atoms with E-state index in [2.05, 4.69) is 16.1 Å². The Morgan fingerprint density at radius 2 is 1.96 bits per heavy atom. The van der Waals surface area contributed by atoms with Gasteiger partial charge in [-0.15, -0.1) is 0 Å². The molecular formula is C18H16N4O. The maximum Gasteiger partial charge on any atom is 0.250 e. The zero-order valence-corrected chi connectivity index (χ0v) is 12.6. The first kappa shape index (κ1) is 14.9. The number of hydrogen-bond acceptors (Lipinski definition) is 2. The van der Waals surface area contributed by atoms with Gasteiger partial charge in [0.05, 0.1) is 0 Å². The van der Waals surface area contributed by atoms with Crippen molar-refractivity contribution in [2.75, 3.05) is 11.4 Å². The highest BCUT2D eigenvalue weighted by Gasteiger charge is 2.20. The van der Waals surface area contributed by atoms with Crippen molar-refractivity contribution < 1.29 is 4.79 Å². The second-order valence-electron chi connectivity index (χ2n) is 5.30. The van der Waals surface area contributed by atoms with Crippen LogP contribution in [0, 0.1) is 0 Å². The molecular weight excluding hydrogens is 288 g/mol. The molecule has 23 heavy (non-hydrogen) atoms. The smallest absolute Gasteiger partial charge is 0.250 e. The van der Waals surface area contributed by atoms with E-state index in [1.807, 2.05) is 30.3 Å². The molecule has 0 aliphatic carbocycles. The van der Waals surface area contributed by atoms with Gasteiger partial charge in [0.1, 0.15) is 0 Å². The Morgan fingerprint density at radius 1 is 1.17 bits per heavy atom. The maximum absolute atomic E-state index is 12.5. The Balaban J connectivity index is 1.85. The van der Waals surface area contributed by atoms with Crippen molar-refractivity contribution in [1.82, 2.24) is 0 Å². The van der Waals surface area contributed by atoms with Crippen LogP contribution in [0.15, 0.2) is 59.7 Å². The highest BCUT2D eigenvalue weighted by molar-refractivity contribution is 6.04. The maximum atomic E-state index is 12.5. The van der Waals surface area contributed by atoms with Crippen molar-refractivity contribution >= 4 is 23.4 Å². The summed E-state index contributed by atoms with van der Waals surface area (Å²) < 4.78 is 0. The summed E-state index contributed by atoms with van der Waals surface area (Å²) in [6.45, 7) is 0.720. The molecule has 0 saturated carbocycles. The summed E-state index contributed by atoms with van der Waals surface area (Å²) in [5.74, 6) is -0.0621. The molecule has 1 heterocycles. The first-order valence-corrected chi connectivity index (χ1v) is 7.51. The summed E-state index contributed by atoms with van der Waals surface area (Å²) in [5.41, 5.74) is 12.0. The molecule has 0 radical (unpaired) electrons. The first-order chi connectivity index (χ1) is 11.3. The highest BCUT2D eigenvalue weighted by Crippen LogP contribution is 2.27. The average Bonchev–Trinajstić information content (AvgIpc) is 2.60. The SMILES string of the molecule is [N-]=[N+]=Nc1ccccc1/C=C/C(=O)N1CCCc2ccccc21. The van der Waals surface area contributed by atoms with Gasteiger partial charge in [0.2, 0.25) is 0 Å². The number of carbonyl (C=O) groups excluding carboxylic acids is 1. The molecule has 0 N–H and O–H groups in total. The van der Waals surface area contributed by atoms with Crippen LogP contribution < -0.4 is 4.90 Å². The number of aryl methyl sites for hydroxylation is 1. The van der Waals surface area contributed by atoms with E-state index in [9.17, 15) is 4.79 Å². The van der Waals surface area contributed by atoms with Crippen LogP contribution in [-0.2, 0) is 11.2 Å². The van der Waals surface area contributed by atoms with E-state index in [-0.39, 0.29) is 5.91 Å². The first-order valence-electron chi connectivity index (χ1n) is 7.51. The van der Waals surface area contributed by atoms with Crippen LogP contribution in [0.4, 0.5) is 11.4 Å². The number of amides is 1. The average molecular weight is 304 g/mol. The largest absolute Gasteiger partial charge is 0.309 e. The lowest BCUT2D eigenvalue weighted by Gasteiger charge is -2.28. The molecule has 2 aromatic carbocycles. The van der Waals surface area contributed by atoms with Crippen LogP contribution in [0.25, 0.3) is 16.5 Å². The van der Waals surface area contributed by atoms with Gasteiger partial charge in [-0.25, -0.2) is 0 Å². The zero-order valence-electron chi connectivity index (χ0n) is 12.6. The minimum Gasteiger partial charge on any atom is -0.309 e. The topological polar surface area (TPSA) is 69.1 Å². The highest BCUT2D eigenvalue weighted by atomic mass is 16.2. The second kappa shape index (κ2) is 6.81. The second-order valence-corrected chi connectivity index (χ2v) is 5.30. The van der Waals surface area contributed by atoms with E-state index in [0.717, 1.165) is 30.6 Å². The number of azide groups is 1. The van der Waals surface area contributed by atoms with Gasteiger partial charge in [0.15, 0.2) is 0 Å². The van der Waals surface area contributed by atoms with Crippen LogP contribution in [0.3, 0.4) is 0 Å². The third-order valence-corrected chi connectivity index (χ3v) is 3.87. The molecule has 1 aliphatic heterocycles. The lowest BCUT2D eigenvalue weighted by Crippen LogP contribution is -2.34. The van der Waals surface area contributed by atoms with E-state index >= 15 is 0 Å². The van der Waals surface area contributed by atoms with E-state index in [0.29, 0.717) is 5.69 Å². The lowest BCUT2D eigenvalue weighted by atomic mass is 10.0. The fraction of sp³-hybridized carbons (Fsp3) is 0.167. The Bertz CT molecular complexity index is 806. The Kier molecular flexibility index (Phi) is 4.41. The van der Waals surface area contributed by atoms with Crippen molar-refractivity contribution in [1.29, 1.82) is 0 Å². The number of hydrogen-bond donors (Lipinski definition) is 0. The quantitative estimate of drug-likeness (QED) is 0.353. The number of carbonyl (C=O) groups is 1. The van der Waals surface area contributed by atoms with Gasteiger partial charge in [0.25, 0.3) is 5.91 Å². The monoisotopic (exact) mass is 304 g/mol. The molecule has 5 nitrogen and oxygen atoms in total. The molecule has 5 heteroatoms. The third kappa shape index (κ3) is 3.25. The predicted molar refractivity (Wildman–Crippen MR) is 91.4 cm³/mol. The number of fused-ring (bicyclic) bond motifs is 1. The third-order valence-electron chi connectivity index (χ3n) is 3.87. The Hall–Kier alpha value is -3.04. The number of nitrogens with zero attached hydrogens (tertiary/aromatic N) is 4. The van der Waals surface area contributed by atoms with Crippen LogP contribution >= 0.6 is 0 Å². The summed E-state index contributed by atoms with van der Waals surface area (Å²) in [6, 6.07) is 15.2. The molecule has 3 rings (SSSR count). The molecule has 0 fully saturated rings. The summed E-state index contributed by atoms with van der Waals surface area (Å²) in [6.07, 6.45) is 5.20. The molecule has 0 spiro atoms. The van der Waals surface area contributed by atoms with Crippen LogP contribution in [0.1, 0.15) is 17.5 Å². The molecule has 0 saturated heterocycles. The summed E-state index contributed by atoms with van der Waals surface area (Å²) in [4.78, 5) is 17.1. The van der Waals surface area contributed by atoms with Gasteiger partial charge in [-0.2, -0.15) is 0 Å². The molecule has 2 aromatic rings. The molecule has 0 aromatic heterocycles.